The van der Waals surface area contributed by atoms with Gasteiger partial charge >= 0.3 is 5.97 Å². The summed E-state index contributed by atoms with van der Waals surface area (Å²) in [5.41, 5.74) is 1.27. The summed E-state index contributed by atoms with van der Waals surface area (Å²) in [6.07, 6.45) is 7.79. The minimum atomic E-state index is -0.245. The first kappa shape index (κ1) is 15.6. The van der Waals surface area contributed by atoms with Gasteiger partial charge < -0.3 is 4.74 Å². The van der Waals surface area contributed by atoms with Gasteiger partial charge in [0.25, 0.3) is 0 Å². The quantitative estimate of drug-likeness (QED) is 0.443. The molecular formula is C11H17BrO2. The molecular weight excluding hydrogens is 244 g/mol. The number of hydrogen-bond donors (Lipinski definition) is 0. The Kier molecular flexibility index (Phi) is 13.6. The standard InChI is InChI=1S/C8H11Br.C3H6O2/c1-3-5-6-8(4-2)7-9;1-3(4)5-2/h3-6H,1,7H2,2H3;1-2H3/b6-5-,8-4+;. The number of carbonyl (C=O) groups is 1. The Morgan fingerprint density at radius 1 is 1.57 bits per heavy atom. The lowest BCUT2D eigenvalue weighted by Crippen LogP contribution is -1.88. The van der Waals surface area contributed by atoms with Crippen LogP contribution in [-0.2, 0) is 9.53 Å². The molecule has 0 fully saturated rings. The predicted molar refractivity (Wildman–Crippen MR) is 64.6 cm³/mol. The summed E-state index contributed by atoms with van der Waals surface area (Å²) in [7, 11) is 1.35. The summed E-state index contributed by atoms with van der Waals surface area (Å²) in [5, 5.41) is 0.911. The van der Waals surface area contributed by atoms with Crippen LogP contribution in [-0.4, -0.2) is 18.4 Å². The zero-order chi connectivity index (χ0) is 11.4. The number of hydrogen-bond acceptors (Lipinski definition) is 2. The van der Waals surface area contributed by atoms with Gasteiger partial charge in [-0.1, -0.05) is 46.8 Å². The van der Waals surface area contributed by atoms with Crippen molar-refractivity contribution in [1.82, 2.24) is 0 Å². The minimum absolute atomic E-state index is 0.245. The van der Waals surface area contributed by atoms with Crippen molar-refractivity contribution >= 4 is 21.9 Å². The second-order valence-electron chi connectivity index (χ2n) is 2.29. The van der Waals surface area contributed by atoms with Crippen molar-refractivity contribution in [3.05, 3.63) is 36.5 Å². The molecule has 0 aromatic carbocycles. The number of esters is 1. The molecule has 0 radical (unpaired) electrons. The van der Waals surface area contributed by atoms with Crippen LogP contribution >= 0.6 is 15.9 Å². The second-order valence-corrected chi connectivity index (χ2v) is 2.85. The highest BCUT2D eigenvalue weighted by Crippen LogP contribution is 2.00. The molecule has 0 heterocycles. The molecule has 0 unspecified atom stereocenters. The first-order valence-corrected chi connectivity index (χ1v) is 5.29. The Labute approximate surface area is 94.5 Å². The summed E-state index contributed by atoms with van der Waals surface area (Å²) in [4.78, 5) is 9.59. The van der Waals surface area contributed by atoms with Gasteiger partial charge in [-0.2, -0.15) is 0 Å². The fourth-order valence-corrected chi connectivity index (χ4v) is 0.920. The Balaban J connectivity index is 0. The SMILES string of the molecule is C=C/C=C\C(=C/C)CBr.COC(C)=O. The highest BCUT2D eigenvalue weighted by atomic mass is 79.9. The molecule has 0 aliphatic rings. The second kappa shape index (κ2) is 12.2. The molecule has 0 bridgehead atoms. The molecule has 3 heteroatoms. The third-order valence-electron chi connectivity index (χ3n) is 1.26. The van der Waals surface area contributed by atoms with Crippen LogP contribution in [0.3, 0.4) is 0 Å². The smallest absolute Gasteiger partial charge is 0.302 e. The molecule has 0 spiro atoms. The molecule has 0 aromatic rings. The predicted octanol–water partition coefficient (Wildman–Crippen LogP) is 3.25. The van der Waals surface area contributed by atoms with E-state index < -0.39 is 0 Å². The van der Waals surface area contributed by atoms with E-state index in [1.54, 1.807) is 6.08 Å². The van der Waals surface area contributed by atoms with E-state index in [0.717, 1.165) is 5.33 Å². The maximum absolute atomic E-state index is 9.59. The Hall–Kier alpha value is -0.830. The zero-order valence-corrected chi connectivity index (χ0v) is 10.5. The number of halogens is 1. The summed E-state index contributed by atoms with van der Waals surface area (Å²) in [6, 6.07) is 0. The number of rotatable bonds is 3. The lowest BCUT2D eigenvalue weighted by atomic mass is 10.3. The molecule has 14 heavy (non-hydrogen) atoms. The number of ether oxygens (including phenoxy) is 1. The minimum Gasteiger partial charge on any atom is -0.469 e. The van der Waals surface area contributed by atoms with E-state index in [1.807, 2.05) is 19.1 Å². The van der Waals surface area contributed by atoms with Crippen LogP contribution in [0.5, 0.6) is 0 Å². The van der Waals surface area contributed by atoms with Crippen molar-refractivity contribution < 1.29 is 9.53 Å². The van der Waals surface area contributed by atoms with Crippen LogP contribution in [0.15, 0.2) is 36.5 Å². The van der Waals surface area contributed by atoms with Gasteiger partial charge in [0, 0.05) is 12.3 Å². The van der Waals surface area contributed by atoms with Gasteiger partial charge in [-0.15, -0.1) is 0 Å². The monoisotopic (exact) mass is 260 g/mol. The number of carbonyl (C=O) groups excluding carboxylic acids is 1. The first-order chi connectivity index (χ1) is 6.62. The lowest BCUT2D eigenvalue weighted by molar-refractivity contribution is -0.137. The topological polar surface area (TPSA) is 26.3 Å². The lowest BCUT2D eigenvalue weighted by Gasteiger charge is -1.89. The van der Waals surface area contributed by atoms with Crippen molar-refractivity contribution in [2.45, 2.75) is 13.8 Å². The summed E-state index contributed by atoms with van der Waals surface area (Å²) < 4.78 is 4.11. The van der Waals surface area contributed by atoms with E-state index in [2.05, 4.69) is 33.3 Å². The molecule has 0 saturated heterocycles. The summed E-state index contributed by atoms with van der Waals surface area (Å²) >= 11 is 3.35. The Morgan fingerprint density at radius 3 is 2.29 bits per heavy atom. The van der Waals surface area contributed by atoms with Crippen LogP contribution in [0, 0.1) is 0 Å². The maximum atomic E-state index is 9.59. The third kappa shape index (κ3) is 13.7. The normalized spacial score (nSPS) is 10.4. The van der Waals surface area contributed by atoms with Crippen LogP contribution in [0.2, 0.25) is 0 Å². The molecule has 0 rings (SSSR count). The van der Waals surface area contributed by atoms with E-state index in [-0.39, 0.29) is 5.97 Å². The van der Waals surface area contributed by atoms with Gasteiger partial charge in [-0.25, -0.2) is 0 Å². The van der Waals surface area contributed by atoms with E-state index in [9.17, 15) is 4.79 Å². The Bertz CT molecular complexity index is 217. The maximum Gasteiger partial charge on any atom is 0.302 e. The van der Waals surface area contributed by atoms with Gasteiger partial charge in [-0.05, 0) is 12.5 Å². The van der Waals surface area contributed by atoms with Crippen molar-refractivity contribution in [1.29, 1.82) is 0 Å². The van der Waals surface area contributed by atoms with E-state index in [1.165, 1.54) is 19.6 Å². The highest BCUT2D eigenvalue weighted by molar-refractivity contribution is 9.09. The molecule has 0 atom stereocenters. The van der Waals surface area contributed by atoms with Crippen molar-refractivity contribution in [3.63, 3.8) is 0 Å². The summed E-state index contributed by atoms with van der Waals surface area (Å²) in [6.45, 7) is 6.95. The van der Waals surface area contributed by atoms with Crippen LogP contribution in [0.4, 0.5) is 0 Å². The van der Waals surface area contributed by atoms with Gasteiger partial charge in [0.05, 0.1) is 7.11 Å². The van der Waals surface area contributed by atoms with Crippen molar-refractivity contribution in [2.75, 3.05) is 12.4 Å². The van der Waals surface area contributed by atoms with Crippen LogP contribution in [0.25, 0.3) is 0 Å². The fourth-order valence-electron chi connectivity index (χ4n) is 0.410. The number of alkyl halides is 1. The van der Waals surface area contributed by atoms with Gasteiger partial charge in [-0.3, -0.25) is 4.79 Å². The molecule has 0 saturated carbocycles. The molecule has 0 aliphatic heterocycles. The largest absolute Gasteiger partial charge is 0.469 e. The first-order valence-electron chi connectivity index (χ1n) is 4.17. The Morgan fingerprint density at radius 2 is 2.07 bits per heavy atom. The average Bonchev–Trinajstić information content (AvgIpc) is 2.20. The van der Waals surface area contributed by atoms with E-state index in [0.29, 0.717) is 0 Å². The number of methoxy groups -OCH3 is 1. The van der Waals surface area contributed by atoms with Gasteiger partial charge in [0.2, 0.25) is 0 Å². The van der Waals surface area contributed by atoms with Gasteiger partial charge in [0.15, 0.2) is 0 Å². The highest BCUT2D eigenvalue weighted by Gasteiger charge is 1.81. The van der Waals surface area contributed by atoms with Crippen molar-refractivity contribution in [2.24, 2.45) is 0 Å². The number of allylic oxidation sites excluding steroid dienone is 5. The molecule has 80 valence electrons. The molecule has 0 amide bonds. The van der Waals surface area contributed by atoms with Gasteiger partial charge in [0.1, 0.15) is 0 Å². The van der Waals surface area contributed by atoms with Crippen molar-refractivity contribution in [3.8, 4) is 0 Å². The molecule has 0 aromatic heterocycles. The average molecular weight is 261 g/mol. The molecule has 0 aliphatic carbocycles. The molecule has 2 nitrogen and oxygen atoms in total. The fraction of sp³-hybridized carbons (Fsp3) is 0.364. The zero-order valence-electron chi connectivity index (χ0n) is 8.92. The summed E-state index contributed by atoms with van der Waals surface area (Å²) in [5.74, 6) is -0.245. The van der Waals surface area contributed by atoms with E-state index in [4.69, 9.17) is 0 Å². The third-order valence-corrected chi connectivity index (χ3v) is 1.91. The van der Waals surface area contributed by atoms with Crippen LogP contribution < -0.4 is 0 Å². The van der Waals surface area contributed by atoms with Crippen LogP contribution in [0.1, 0.15) is 13.8 Å². The van der Waals surface area contributed by atoms with E-state index >= 15 is 0 Å². The molecule has 0 N–H and O–H groups in total.